The maximum Gasteiger partial charge on any atom is 0.266 e. The van der Waals surface area contributed by atoms with Gasteiger partial charge in [-0.25, -0.2) is 4.98 Å². The van der Waals surface area contributed by atoms with Crippen LogP contribution in [0.1, 0.15) is 23.3 Å². The monoisotopic (exact) mass is 369 g/mol. The van der Waals surface area contributed by atoms with Crippen molar-refractivity contribution in [3.63, 3.8) is 0 Å². The first kappa shape index (κ1) is 16.8. The second-order valence-corrected chi connectivity index (χ2v) is 7.05. The number of oxazole rings is 1. The molecule has 0 aromatic carbocycles. The van der Waals surface area contributed by atoms with Gasteiger partial charge in [-0.1, -0.05) is 6.92 Å². The topological polar surface area (TPSA) is 82.3 Å². The number of piperazine rings is 1. The van der Waals surface area contributed by atoms with Crippen molar-refractivity contribution >= 4 is 17.2 Å². The van der Waals surface area contributed by atoms with Gasteiger partial charge in [0.05, 0.1) is 17.0 Å². The lowest BCUT2D eigenvalue weighted by atomic mass is 10.3. The van der Waals surface area contributed by atoms with Crippen LogP contribution in [0, 0.1) is 11.3 Å². The minimum absolute atomic E-state index is 0.303. The Balaban J connectivity index is 1.42. The van der Waals surface area contributed by atoms with E-state index in [2.05, 4.69) is 38.1 Å². The average molecular weight is 369 g/mol. The summed E-state index contributed by atoms with van der Waals surface area (Å²) in [6, 6.07) is 5.67. The maximum absolute atomic E-state index is 9.39. The van der Waals surface area contributed by atoms with E-state index in [1.165, 1.54) is 5.01 Å². The predicted octanol–water partition coefficient (Wildman–Crippen LogP) is 3.15. The third-order valence-corrected chi connectivity index (χ3v) is 5.44. The van der Waals surface area contributed by atoms with Gasteiger partial charge in [0.1, 0.15) is 6.07 Å². The minimum Gasteiger partial charge on any atom is -0.459 e. The summed E-state index contributed by atoms with van der Waals surface area (Å²) in [7, 11) is 0. The van der Waals surface area contributed by atoms with Crippen LogP contribution in [-0.4, -0.2) is 41.0 Å². The fraction of sp³-hybridized carbons (Fsp3) is 0.389. The number of hydrogen-bond donors (Lipinski definition) is 0. The highest BCUT2D eigenvalue weighted by atomic mass is 32.1. The predicted molar refractivity (Wildman–Crippen MR) is 97.9 cm³/mol. The van der Waals surface area contributed by atoms with E-state index in [1.54, 1.807) is 29.7 Å². The van der Waals surface area contributed by atoms with Crippen LogP contribution in [0.15, 0.2) is 32.6 Å². The maximum atomic E-state index is 9.39. The Kier molecular flexibility index (Phi) is 4.73. The Morgan fingerprint density at radius 2 is 2.12 bits per heavy atom. The molecule has 1 saturated heterocycles. The second kappa shape index (κ2) is 7.32. The Morgan fingerprint density at radius 1 is 1.27 bits per heavy atom. The number of nitrogens with zero attached hydrogens (tertiary/aromatic N) is 5. The lowest BCUT2D eigenvalue weighted by molar-refractivity contribution is 0.243. The highest BCUT2D eigenvalue weighted by Crippen LogP contribution is 2.29. The van der Waals surface area contributed by atoms with Crippen molar-refractivity contribution in [1.29, 1.82) is 5.26 Å². The van der Waals surface area contributed by atoms with Crippen molar-refractivity contribution in [3.05, 3.63) is 40.2 Å². The third kappa shape index (κ3) is 3.36. The largest absolute Gasteiger partial charge is 0.459 e. The highest BCUT2D eigenvalue weighted by Gasteiger charge is 2.25. The van der Waals surface area contributed by atoms with Gasteiger partial charge in [0.2, 0.25) is 11.6 Å². The summed E-state index contributed by atoms with van der Waals surface area (Å²) in [5.41, 5.74) is 1.44. The number of anilines is 1. The van der Waals surface area contributed by atoms with Crippen molar-refractivity contribution in [2.45, 2.75) is 19.9 Å². The molecule has 8 heteroatoms. The van der Waals surface area contributed by atoms with Gasteiger partial charge >= 0.3 is 0 Å². The van der Waals surface area contributed by atoms with Gasteiger partial charge in [-0.3, -0.25) is 4.90 Å². The summed E-state index contributed by atoms with van der Waals surface area (Å²) in [6.07, 6.45) is 2.55. The summed E-state index contributed by atoms with van der Waals surface area (Å²) in [6.45, 7) is 6.34. The molecule has 1 aliphatic rings. The van der Waals surface area contributed by atoms with Crippen LogP contribution in [0.4, 0.5) is 5.88 Å². The summed E-state index contributed by atoms with van der Waals surface area (Å²) < 4.78 is 11.1. The molecule has 4 rings (SSSR count). The molecule has 3 aromatic rings. The van der Waals surface area contributed by atoms with Gasteiger partial charge in [-0.2, -0.15) is 10.2 Å². The van der Waals surface area contributed by atoms with Gasteiger partial charge in [-0.15, -0.1) is 11.3 Å². The zero-order valence-electron chi connectivity index (χ0n) is 14.5. The van der Waals surface area contributed by atoms with Crippen LogP contribution in [0.2, 0.25) is 0 Å². The van der Waals surface area contributed by atoms with Crippen molar-refractivity contribution in [3.8, 4) is 17.7 Å². The van der Waals surface area contributed by atoms with Crippen LogP contribution in [-0.2, 0) is 13.0 Å². The molecule has 0 saturated carbocycles. The smallest absolute Gasteiger partial charge is 0.266 e. The van der Waals surface area contributed by atoms with Crippen molar-refractivity contribution in [1.82, 2.24) is 14.9 Å². The normalized spacial score (nSPS) is 15.3. The molecule has 0 amide bonds. The fourth-order valence-electron chi connectivity index (χ4n) is 3.03. The minimum atomic E-state index is 0.303. The van der Waals surface area contributed by atoms with E-state index in [1.807, 2.05) is 0 Å². The molecule has 134 valence electrons. The first-order chi connectivity index (χ1) is 12.8. The molecule has 0 aliphatic carbocycles. The average Bonchev–Trinajstić information content (AvgIpc) is 3.42. The molecule has 0 radical (unpaired) electrons. The van der Waals surface area contributed by atoms with E-state index in [4.69, 9.17) is 8.83 Å². The van der Waals surface area contributed by atoms with E-state index in [0.29, 0.717) is 23.2 Å². The Hall–Kier alpha value is -2.63. The van der Waals surface area contributed by atoms with Gasteiger partial charge in [0.25, 0.3) is 5.89 Å². The van der Waals surface area contributed by atoms with Crippen molar-refractivity contribution < 1.29 is 8.83 Å². The molecule has 0 N–H and O–H groups in total. The highest BCUT2D eigenvalue weighted by molar-refractivity contribution is 7.09. The molecule has 0 spiro atoms. The molecule has 7 nitrogen and oxygen atoms in total. The molecule has 26 heavy (non-hydrogen) atoms. The van der Waals surface area contributed by atoms with Gasteiger partial charge in [-0.05, 0) is 18.6 Å². The van der Waals surface area contributed by atoms with E-state index in [0.717, 1.165) is 44.8 Å². The van der Waals surface area contributed by atoms with Gasteiger partial charge < -0.3 is 13.7 Å². The number of furan rings is 1. The SMILES string of the molecule is CCc1nc(CN2CCN(c3oc(-c4ccco4)nc3C#N)CC2)cs1. The summed E-state index contributed by atoms with van der Waals surface area (Å²) in [4.78, 5) is 13.4. The number of aryl methyl sites for hydroxylation is 1. The molecule has 4 heterocycles. The number of rotatable bonds is 5. The molecule has 0 unspecified atom stereocenters. The van der Waals surface area contributed by atoms with Crippen LogP contribution in [0.3, 0.4) is 0 Å². The standard InChI is InChI=1S/C18H19N5O2S/c1-2-16-20-13(12-26-16)11-22-5-7-23(8-6-22)18-14(10-19)21-17(25-18)15-4-3-9-24-15/h3-4,9,12H,2,5-8,11H2,1H3. The Morgan fingerprint density at radius 3 is 2.77 bits per heavy atom. The summed E-state index contributed by atoms with van der Waals surface area (Å²) in [5.74, 6) is 1.40. The zero-order chi connectivity index (χ0) is 17.9. The molecule has 0 bridgehead atoms. The lowest BCUT2D eigenvalue weighted by Gasteiger charge is -2.34. The molecular formula is C18H19N5O2S. The lowest BCUT2D eigenvalue weighted by Crippen LogP contribution is -2.46. The van der Waals surface area contributed by atoms with Gasteiger partial charge in [0.15, 0.2) is 5.76 Å². The van der Waals surface area contributed by atoms with Crippen LogP contribution >= 0.6 is 11.3 Å². The van der Waals surface area contributed by atoms with E-state index in [9.17, 15) is 5.26 Å². The number of hydrogen-bond acceptors (Lipinski definition) is 8. The molecule has 1 fully saturated rings. The number of thiazole rings is 1. The Labute approximate surface area is 155 Å². The molecule has 0 atom stereocenters. The second-order valence-electron chi connectivity index (χ2n) is 6.11. The van der Waals surface area contributed by atoms with Crippen molar-refractivity contribution in [2.24, 2.45) is 0 Å². The Bertz CT molecular complexity index is 901. The first-order valence-electron chi connectivity index (χ1n) is 8.62. The molecule has 3 aromatic heterocycles. The van der Waals surface area contributed by atoms with Gasteiger partial charge in [0, 0.05) is 38.1 Å². The quantitative estimate of drug-likeness (QED) is 0.683. The van der Waals surface area contributed by atoms with Crippen LogP contribution in [0.5, 0.6) is 0 Å². The van der Waals surface area contributed by atoms with Crippen LogP contribution in [0.25, 0.3) is 11.7 Å². The summed E-state index contributed by atoms with van der Waals surface area (Å²) >= 11 is 1.73. The van der Waals surface area contributed by atoms with Crippen molar-refractivity contribution in [2.75, 3.05) is 31.1 Å². The van der Waals surface area contributed by atoms with E-state index >= 15 is 0 Å². The van der Waals surface area contributed by atoms with Crippen LogP contribution < -0.4 is 4.90 Å². The third-order valence-electron chi connectivity index (χ3n) is 4.39. The fourth-order valence-corrected chi connectivity index (χ4v) is 3.76. The summed E-state index contributed by atoms with van der Waals surface area (Å²) in [5, 5.41) is 12.7. The number of aromatic nitrogens is 2. The molecule has 1 aliphatic heterocycles. The first-order valence-corrected chi connectivity index (χ1v) is 9.50. The molecular weight excluding hydrogens is 350 g/mol. The van der Waals surface area contributed by atoms with E-state index < -0.39 is 0 Å². The number of nitriles is 1. The van der Waals surface area contributed by atoms with E-state index in [-0.39, 0.29) is 0 Å². The zero-order valence-corrected chi connectivity index (χ0v) is 15.3.